The molecule has 0 bridgehead atoms. The van der Waals surface area contributed by atoms with Crippen LogP contribution in [0.5, 0.6) is 0 Å². The van der Waals surface area contributed by atoms with E-state index in [2.05, 4.69) is 4.98 Å². The Labute approximate surface area is 178 Å². The first-order chi connectivity index (χ1) is 14.7. The lowest BCUT2D eigenvalue weighted by Crippen LogP contribution is -2.58. The number of rotatable bonds is 5. The van der Waals surface area contributed by atoms with Crippen LogP contribution in [0.25, 0.3) is 0 Å². The van der Waals surface area contributed by atoms with E-state index in [4.69, 9.17) is 19.4 Å². The van der Waals surface area contributed by atoms with Crippen LogP contribution in [0.4, 0.5) is 13.2 Å². The van der Waals surface area contributed by atoms with E-state index in [0.29, 0.717) is 12.2 Å². The number of hydrogen-bond donors (Lipinski definition) is 1. The summed E-state index contributed by atoms with van der Waals surface area (Å²) >= 11 is 0. The van der Waals surface area contributed by atoms with E-state index >= 15 is 0 Å². The molecule has 0 radical (unpaired) electrons. The summed E-state index contributed by atoms with van der Waals surface area (Å²) in [5, 5.41) is 7.12. The van der Waals surface area contributed by atoms with Crippen molar-refractivity contribution in [2.24, 2.45) is 11.3 Å². The summed E-state index contributed by atoms with van der Waals surface area (Å²) < 4.78 is 43.9. The third-order valence-electron chi connectivity index (χ3n) is 5.87. The molecule has 10 heteroatoms. The van der Waals surface area contributed by atoms with Crippen LogP contribution in [-0.4, -0.2) is 72.1 Å². The van der Waals surface area contributed by atoms with Crippen LogP contribution in [-0.2, 0) is 14.3 Å². The standard InChI is InChI=1S/C19H26N2O3.C2HF3O2/c22-18(16-3-1-8-20-11-16)21-9-6-17-19(13-21,7-2-10-24-17)14-23-12-15-4-5-15;3-2(4,5)1(6)7/h1,3,8,11,15,17H,2,4-7,9-10,12-14H2;(H,6,7). The maximum absolute atomic E-state index is 12.8. The molecule has 1 amide bonds. The van der Waals surface area contributed by atoms with Crippen LogP contribution >= 0.6 is 0 Å². The van der Waals surface area contributed by atoms with Crippen LogP contribution in [0.2, 0.25) is 0 Å². The Bertz CT molecular complexity index is 757. The number of ether oxygens (including phenoxy) is 2. The molecule has 31 heavy (non-hydrogen) atoms. The largest absolute Gasteiger partial charge is 0.490 e. The minimum Gasteiger partial charge on any atom is -0.475 e. The molecular formula is C21H27F3N2O5. The summed E-state index contributed by atoms with van der Waals surface area (Å²) in [6.45, 7) is 3.90. The van der Waals surface area contributed by atoms with Gasteiger partial charge in [0.1, 0.15) is 0 Å². The Morgan fingerprint density at radius 3 is 2.68 bits per heavy atom. The molecule has 172 valence electrons. The first-order valence-corrected chi connectivity index (χ1v) is 10.4. The van der Waals surface area contributed by atoms with Crippen LogP contribution < -0.4 is 0 Å². The van der Waals surface area contributed by atoms with Gasteiger partial charge in [-0.3, -0.25) is 9.78 Å². The monoisotopic (exact) mass is 444 g/mol. The van der Waals surface area contributed by atoms with Crippen LogP contribution in [0, 0.1) is 11.3 Å². The summed E-state index contributed by atoms with van der Waals surface area (Å²) in [4.78, 5) is 27.8. The Balaban J connectivity index is 0.000000339. The van der Waals surface area contributed by atoms with Crippen molar-refractivity contribution >= 4 is 11.9 Å². The average Bonchev–Trinajstić information content (AvgIpc) is 3.57. The summed E-state index contributed by atoms with van der Waals surface area (Å²) in [5.41, 5.74) is 0.630. The molecule has 1 aliphatic carbocycles. The number of carboxylic acids is 1. The summed E-state index contributed by atoms with van der Waals surface area (Å²) in [7, 11) is 0. The van der Waals surface area contributed by atoms with Crippen molar-refractivity contribution in [2.75, 3.05) is 32.9 Å². The Hall–Kier alpha value is -2.20. The number of aromatic nitrogens is 1. The van der Waals surface area contributed by atoms with E-state index in [1.165, 1.54) is 12.8 Å². The number of carbonyl (C=O) groups excluding carboxylic acids is 1. The molecule has 1 aromatic rings. The lowest BCUT2D eigenvalue weighted by atomic mass is 9.73. The number of aliphatic carboxylic acids is 1. The van der Waals surface area contributed by atoms with Crippen molar-refractivity contribution in [3.63, 3.8) is 0 Å². The lowest BCUT2D eigenvalue weighted by molar-refractivity contribution is -0.192. The Morgan fingerprint density at radius 1 is 1.32 bits per heavy atom. The first kappa shape index (κ1) is 23.5. The highest BCUT2D eigenvalue weighted by Gasteiger charge is 2.47. The molecular weight excluding hydrogens is 417 g/mol. The summed E-state index contributed by atoms with van der Waals surface area (Å²) in [6.07, 6.45) is 4.14. The molecule has 7 nitrogen and oxygen atoms in total. The molecule has 0 aromatic carbocycles. The summed E-state index contributed by atoms with van der Waals surface area (Å²) in [6, 6.07) is 3.66. The number of hydrogen-bond acceptors (Lipinski definition) is 5. The average molecular weight is 444 g/mol. The van der Waals surface area contributed by atoms with E-state index in [1.54, 1.807) is 12.4 Å². The van der Waals surface area contributed by atoms with E-state index in [-0.39, 0.29) is 17.4 Å². The van der Waals surface area contributed by atoms with Crippen molar-refractivity contribution < 1.29 is 37.3 Å². The van der Waals surface area contributed by atoms with Crippen molar-refractivity contribution in [3.8, 4) is 0 Å². The Kier molecular flexibility index (Phi) is 7.53. The first-order valence-electron chi connectivity index (χ1n) is 10.4. The van der Waals surface area contributed by atoms with Gasteiger partial charge in [0.25, 0.3) is 5.91 Å². The molecule has 3 heterocycles. The molecule has 3 aliphatic rings. The number of carbonyl (C=O) groups is 2. The predicted octanol–water partition coefficient (Wildman–Crippen LogP) is 3.15. The van der Waals surface area contributed by atoms with Crippen molar-refractivity contribution in [1.29, 1.82) is 0 Å². The zero-order chi connectivity index (χ0) is 22.5. The van der Waals surface area contributed by atoms with Crippen LogP contribution in [0.1, 0.15) is 42.5 Å². The van der Waals surface area contributed by atoms with Gasteiger partial charge >= 0.3 is 12.1 Å². The van der Waals surface area contributed by atoms with Crippen molar-refractivity contribution in [2.45, 2.75) is 44.4 Å². The minimum atomic E-state index is -5.08. The smallest absolute Gasteiger partial charge is 0.475 e. The lowest BCUT2D eigenvalue weighted by Gasteiger charge is -2.50. The van der Waals surface area contributed by atoms with Gasteiger partial charge in [0.15, 0.2) is 0 Å². The van der Waals surface area contributed by atoms with Crippen LogP contribution in [0.15, 0.2) is 24.5 Å². The highest BCUT2D eigenvalue weighted by Crippen LogP contribution is 2.41. The van der Waals surface area contributed by atoms with E-state index < -0.39 is 12.1 Å². The molecule has 2 aliphatic heterocycles. The quantitative estimate of drug-likeness (QED) is 0.751. The molecule has 1 aromatic heterocycles. The fourth-order valence-electron chi connectivity index (χ4n) is 4.06. The molecule has 1 saturated carbocycles. The number of halogens is 3. The molecule has 0 spiro atoms. The van der Waals surface area contributed by atoms with Gasteiger partial charge in [-0.15, -0.1) is 0 Å². The highest BCUT2D eigenvalue weighted by atomic mass is 19.4. The molecule has 1 N–H and O–H groups in total. The van der Waals surface area contributed by atoms with Gasteiger partial charge < -0.3 is 19.5 Å². The second-order valence-electron chi connectivity index (χ2n) is 8.34. The molecule has 2 atom stereocenters. The topological polar surface area (TPSA) is 89.0 Å². The third-order valence-corrected chi connectivity index (χ3v) is 5.87. The zero-order valence-electron chi connectivity index (χ0n) is 17.1. The number of carboxylic acid groups (broad SMARTS) is 1. The van der Waals surface area contributed by atoms with Crippen LogP contribution in [0.3, 0.4) is 0 Å². The number of alkyl halides is 3. The number of pyridine rings is 1. The molecule has 2 saturated heterocycles. The van der Waals surface area contributed by atoms with Gasteiger partial charge in [0.2, 0.25) is 0 Å². The zero-order valence-corrected chi connectivity index (χ0v) is 17.1. The van der Waals surface area contributed by atoms with Gasteiger partial charge in [-0.1, -0.05) is 0 Å². The van der Waals surface area contributed by atoms with Crippen molar-refractivity contribution in [1.82, 2.24) is 9.88 Å². The van der Waals surface area contributed by atoms with Gasteiger partial charge in [-0.2, -0.15) is 13.2 Å². The second kappa shape index (κ2) is 9.95. The van der Waals surface area contributed by atoms with Gasteiger partial charge in [-0.05, 0) is 50.2 Å². The predicted molar refractivity (Wildman–Crippen MR) is 103 cm³/mol. The third kappa shape index (κ3) is 6.39. The van der Waals surface area contributed by atoms with E-state index in [0.717, 1.165) is 51.5 Å². The molecule has 3 fully saturated rings. The second-order valence-corrected chi connectivity index (χ2v) is 8.34. The number of piperidine rings is 1. The van der Waals surface area contributed by atoms with Crippen molar-refractivity contribution in [3.05, 3.63) is 30.1 Å². The normalized spacial score (nSPS) is 25.8. The maximum Gasteiger partial charge on any atom is 0.490 e. The Morgan fingerprint density at radius 2 is 2.06 bits per heavy atom. The highest BCUT2D eigenvalue weighted by molar-refractivity contribution is 5.94. The number of amides is 1. The SMILES string of the molecule is O=C(O)C(F)(F)F.O=C(c1cccnc1)N1CCC2OCCCC2(COCC2CC2)C1. The number of fused-ring (bicyclic) bond motifs is 1. The van der Waals surface area contributed by atoms with E-state index in [1.807, 2.05) is 17.0 Å². The molecule has 4 rings (SSSR count). The van der Waals surface area contributed by atoms with Gasteiger partial charge in [-0.25, -0.2) is 4.79 Å². The van der Waals surface area contributed by atoms with Gasteiger partial charge in [0, 0.05) is 44.1 Å². The van der Waals surface area contributed by atoms with E-state index in [9.17, 15) is 18.0 Å². The fourth-order valence-corrected chi connectivity index (χ4v) is 4.06. The number of nitrogens with zero attached hydrogens (tertiary/aromatic N) is 2. The molecule has 2 unspecified atom stereocenters. The minimum absolute atomic E-state index is 0.0384. The summed E-state index contributed by atoms with van der Waals surface area (Å²) in [5.74, 6) is -1.91. The number of likely N-dealkylation sites (tertiary alicyclic amines) is 1. The maximum atomic E-state index is 12.8. The van der Waals surface area contributed by atoms with Gasteiger partial charge in [0.05, 0.1) is 18.3 Å². The fraction of sp³-hybridized carbons (Fsp3) is 0.667.